The van der Waals surface area contributed by atoms with E-state index in [-0.39, 0.29) is 17.9 Å². The Balaban J connectivity index is 3.57. The lowest BCUT2D eigenvalue weighted by molar-refractivity contribution is -0.128. The number of aliphatic hydroxyl groups excluding tert-OH is 1. The fraction of sp³-hybridized carbons (Fsp3) is 0.857. The van der Waals surface area contributed by atoms with Gasteiger partial charge in [0.1, 0.15) is 0 Å². The van der Waals surface area contributed by atoms with Gasteiger partial charge in [0, 0.05) is 24.9 Å². The minimum atomic E-state index is -0.390. The first-order valence-corrected chi connectivity index (χ1v) is 7.00. The van der Waals surface area contributed by atoms with Crippen molar-refractivity contribution in [1.82, 2.24) is 10.6 Å². The van der Waals surface area contributed by atoms with Gasteiger partial charge in [0.05, 0.1) is 6.10 Å². The summed E-state index contributed by atoms with van der Waals surface area (Å²) in [4.78, 5) is 23.0. The van der Waals surface area contributed by atoms with Gasteiger partial charge in [-0.2, -0.15) is 0 Å². The molecule has 0 radical (unpaired) electrons. The highest BCUT2D eigenvalue weighted by Crippen LogP contribution is 2.12. The van der Waals surface area contributed by atoms with E-state index in [0.717, 1.165) is 0 Å². The summed E-state index contributed by atoms with van der Waals surface area (Å²) in [5, 5.41) is 14.9. The van der Waals surface area contributed by atoms with E-state index in [9.17, 15) is 14.7 Å². The number of nitrogens with one attached hydrogen (secondary N) is 2. The van der Waals surface area contributed by atoms with Gasteiger partial charge in [0.25, 0.3) is 0 Å². The molecule has 5 heteroatoms. The number of carbonyl (C=O) groups is 2. The molecule has 0 aromatic rings. The second-order valence-electron chi connectivity index (χ2n) is 5.81. The second kappa shape index (κ2) is 8.91. The molecule has 19 heavy (non-hydrogen) atoms. The molecule has 3 N–H and O–H groups in total. The number of aliphatic hydroxyl groups is 1. The van der Waals surface area contributed by atoms with Crippen LogP contribution in [0.3, 0.4) is 0 Å². The third-order valence-corrected chi connectivity index (χ3v) is 2.82. The van der Waals surface area contributed by atoms with Crippen LogP contribution in [-0.2, 0) is 9.59 Å². The highest BCUT2D eigenvalue weighted by molar-refractivity contribution is 5.81. The summed E-state index contributed by atoms with van der Waals surface area (Å²) in [5.41, 5.74) is -0.390. The van der Waals surface area contributed by atoms with E-state index in [4.69, 9.17) is 0 Å². The van der Waals surface area contributed by atoms with Crippen molar-refractivity contribution in [3.05, 3.63) is 0 Å². The number of rotatable bonds is 8. The molecule has 0 aliphatic carbocycles. The van der Waals surface area contributed by atoms with Gasteiger partial charge < -0.3 is 15.7 Å². The summed E-state index contributed by atoms with van der Waals surface area (Å²) in [7, 11) is 0. The summed E-state index contributed by atoms with van der Waals surface area (Å²) in [6.45, 7) is 8.49. The maximum Gasteiger partial charge on any atom is 0.225 e. The van der Waals surface area contributed by atoms with Crippen LogP contribution in [-0.4, -0.2) is 36.1 Å². The largest absolute Gasteiger partial charge is 0.393 e. The SMILES string of the molecule is CCC(O)CCNC(=O)CCCNC(=O)C(C)(C)C. The van der Waals surface area contributed by atoms with Gasteiger partial charge in [-0.25, -0.2) is 0 Å². The molecule has 2 amide bonds. The first-order chi connectivity index (χ1) is 8.77. The molecule has 1 atom stereocenters. The fourth-order valence-electron chi connectivity index (χ4n) is 1.39. The number of amides is 2. The Kier molecular flexibility index (Phi) is 8.39. The Morgan fingerprint density at radius 1 is 1.16 bits per heavy atom. The van der Waals surface area contributed by atoms with Crippen molar-refractivity contribution in [2.75, 3.05) is 13.1 Å². The zero-order valence-electron chi connectivity index (χ0n) is 12.6. The van der Waals surface area contributed by atoms with E-state index in [1.807, 2.05) is 27.7 Å². The molecule has 0 bridgehead atoms. The van der Waals surface area contributed by atoms with Gasteiger partial charge in [-0.1, -0.05) is 27.7 Å². The minimum absolute atomic E-state index is 0.000948. The van der Waals surface area contributed by atoms with Gasteiger partial charge in [-0.15, -0.1) is 0 Å². The topological polar surface area (TPSA) is 78.4 Å². The molecule has 0 saturated carbocycles. The highest BCUT2D eigenvalue weighted by Gasteiger charge is 2.20. The monoisotopic (exact) mass is 272 g/mol. The van der Waals surface area contributed by atoms with Crippen LogP contribution in [0.1, 0.15) is 53.4 Å². The first-order valence-electron chi connectivity index (χ1n) is 7.00. The third kappa shape index (κ3) is 9.47. The molecular weight excluding hydrogens is 244 g/mol. The predicted molar refractivity (Wildman–Crippen MR) is 75.6 cm³/mol. The van der Waals surface area contributed by atoms with E-state index >= 15 is 0 Å². The molecular formula is C14H28N2O3. The molecule has 0 aromatic carbocycles. The predicted octanol–water partition coefficient (Wildman–Crippen LogP) is 1.21. The molecule has 0 aliphatic rings. The van der Waals surface area contributed by atoms with E-state index in [1.165, 1.54) is 0 Å². The molecule has 112 valence electrons. The van der Waals surface area contributed by atoms with E-state index in [0.29, 0.717) is 38.8 Å². The molecule has 0 aliphatic heterocycles. The summed E-state index contributed by atoms with van der Waals surface area (Å²) in [6.07, 6.45) is 1.97. The Labute approximate surface area is 116 Å². The normalized spacial score (nSPS) is 12.9. The molecule has 0 fully saturated rings. The number of hydrogen-bond acceptors (Lipinski definition) is 3. The van der Waals surface area contributed by atoms with Crippen LogP contribution in [0.15, 0.2) is 0 Å². The summed E-state index contributed by atoms with van der Waals surface area (Å²) < 4.78 is 0. The maximum absolute atomic E-state index is 11.5. The minimum Gasteiger partial charge on any atom is -0.393 e. The lowest BCUT2D eigenvalue weighted by atomic mass is 9.96. The van der Waals surface area contributed by atoms with Gasteiger partial charge in [-0.3, -0.25) is 9.59 Å². The highest BCUT2D eigenvalue weighted by atomic mass is 16.3. The molecule has 0 saturated heterocycles. The first kappa shape index (κ1) is 17.9. The van der Waals surface area contributed by atoms with Crippen LogP contribution < -0.4 is 10.6 Å². The fourth-order valence-corrected chi connectivity index (χ4v) is 1.39. The second-order valence-corrected chi connectivity index (χ2v) is 5.81. The summed E-state index contributed by atoms with van der Waals surface area (Å²) >= 11 is 0. The lowest BCUT2D eigenvalue weighted by Gasteiger charge is -2.17. The van der Waals surface area contributed by atoms with Crippen LogP contribution in [0.4, 0.5) is 0 Å². The van der Waals surface area contributed by atoms with Crippen LogP contribution in [0.2, 0.25) is 0 Å². The maximum atomic E-state index is 11.5. The zero-order valence-corrected chi connectivity index (χ0v) is 12.6. The Bertz CT molecular complexity index is 285. The molecule has 5 nitrogen and oxygen atoms in total. The van der Waals surface area contributed by atoms with Crippen molar-refractivity contribution in [1.29, 1.82) is 0 Å². The molecule has 0 heterocycles. The van der Waals surface area contributed by atoms with Crippen LogP contribution in [0.25, 0.3) is 0 Å². The molecule has 0 rings (SSSR count). The van der Waals surface area contributed by atoms with E-state index in [2.05, 4.69) is 10.6 Å². The smallest absolute Gasteiger partial charge is 0.225 e. The number of carbonyl (C=O) groups excluding carboxylic acids is 2. The van der Waals surface area contributed by atoms with Crippen molar-refractivity contribution >= 4 is 11.8 Å². The Morgan fingerprint density at radius 3 is 2.32 bits per heavy atom. The average molecular weight is 272 g/mol. The van der Waals surface area contributed by atoms with Crippen LogP contribution >= 0.6 is 0 Å². The Hall–Kier alpha value is -1.10. The van der Waals surface area contributed by atoms with Crippen LogP contribution in [0, 0.1) is 5.41 Å². The van der Waals surface area contributed by atoms with Gasteiger partial charge in [-0.05, 0) is 19.3 Å². The molecule has 0 spiro atoms. The van der Waals surface area contributed by atoms with Crippen molar-refractivity contribution < 1.29 is 14.7 Å². The van der Waals surface area contributed by atoms with Gasteiger partial charge >= 0.3 is 0 Å². The summed E-state index contributed by atoms with van der Waals surface area (Å²) in [6, 6.07) is 0. The Morgan fingerprint density at radius 2 is 1.79 bits per heavy atom. The number of hydrogen-bond donors (Lipinski definition) is 3. The van der Waals surface area contributed by atoms with Crippen molar-refractivity contribution in [2.45, 2.75) is 59.5 Å². The van der Waals surface area contributed by atoms with Crippen molar-refractivity contribution in [3.63, 3.8) is 0 Å². The average Bonchev–Trinajstić information content (AvgIpc) is 2.32. The van der Waals surface area contributed by atoms with E-state index < -0.39 is 5.41 Å². The van der Waals surface area contributed by atoms with Gasteiger partial charge in [0.15, 0.2) is 0 Å². The lowest BCUT2D eigenvalue weighted by Crippen LogP contribution is -2.36. The summed E-state index contributed by atoms with van der Waals surface area (Å²) in [5.74, 6) is -0.0349. The van der Waals surface area contributed by atoms with Crippen molar-refractivity contribution in [2.24, 2.45) is 5.41 Å². The standard InChI is InChI=1S/C14H28N2O3/c1-5-11(17)8-10-15-12(18)7-6-9-16-13(19)14(2,3)4/h11,17H,5-10H2,1-4H3,(H,15,18)(H,16,19). The van der Waals surface area contributed by atoms with E-state index in [1.54, 1.807) is 0 Å². The van der Waals surface area contributed by atoms with Gasteiger partial charge in [0.2, 0.25) is 11.8 Å². The zero-order chi connectivity index (χ0) is 14.9. The van der Waals surface area contributed by atoms with Crippen molar-refractivity contribution in [3.8, 4) is 0 Å². The molecule has 0 aromatic heterocycles. The van der Waals surface area contributed by atoms with Crippen LogP contribution in [0.5, 0.6) is 0 Å². The molecule has 1 unspecified atom stereocenters. The third-order valence-electron chi connectivity index (χ3n) is 2.82. The quantitative estimate of drug-likeness (QED) is 0.581.